The second-order valence-corrected chi connectivity index (χ2v) is 7.42. The number of thiazole rings is 1. The van der Waals surface area contributed by atoms with Crippen molar-refractivity contribution >= 4 is 32.6 Å². The smallest absolute Gasteiger partial charge is 0.320 e. The molecule has 0 saturated carbocycles. The number of anilines is 1. The first kappa shape index (κ1) is 19.7. The molecule has 0 bridgehead atoms. The number of para-hydroxylation sites is 1. The van der Waals surface area contributed by atoms with Crippen LogP contribution < -0.4 is 14.4 Å². The van der Waals surface area contributed by atoms with E-state index in [1.807, 2.05) is 43.3 Å². The molecule has 30 heavy (non-hydrogen) atoms. The first-order chi connectivity index (χ1) is 14.6. The third kappa shape index (κ3) is 3.92. The van der Waals surface area contributed by atoms with Crippen molar-refractivity contribution in [1.29, 1.82) is 0 Å². The van der Waals surface area contributed by atoms with Crippen molar-refractivity contribution in [2.75, 3.05) is 19.1 Å². The highest BCUT2D eigenvalue weighted by molar-refractivity contribution is 7.22. The highest BCUT2D eigenvalue weighted by Crippen LogP contribution is 2.32. The maximum Gasteiger partial charge on any atom is 0.320 e. The molecule has 0 spiro atoms. The molecule has 0 fully saturated rings. The summed E-state index contributed by atoms with van der Waals surface area (Å²) in [4.78, 5) is 32.4. The number of benzene rings is 1. The van der Waals surface area contributed by atoms with Crippen LogP contribution in [0.3, 0.4) is 0 Å². The molecule has 4 aromatic rings. The lowest BCUT2D eigenvalue weighted by molar-refractivity contribution is 0.0978. The fourth-order valence-corrected chi connectivity index (χ4v) is 3.96. The number of methoxy groups -OCH3 is 2. The van der Waals surface area contributed by atoms with Gasteiger partial charge in [0.25, 0.3) is 5.91 Å². The fraction of sp³-hybridized carbons (Fsp3) is 0.190. The summed E-state index contributed by atoms with van der Waals surface area (Å²) < 4.78 is 11.3. The summed E-state index contributed by atoms with van der Waals surface area (Å²) in [5.41, 5.74) is 2.79. The zero-order valence-corrected chi connectivity index (χ0v) is 17.5. The lowest BCUT2D eigenvalue weighted by Gasteiger charge is -2.19. The van der Waals surface area contributed by atoms with Gasteiger partial charge in [0.1, 0.15) is 5.69 Å². The Labute approximate surface area is 177 Å². The van der Waals surface area contributed by atoms with E-state index in [0.717, 1.165) is 21.5 Å². The number of aromatic nitrogens is 4. The van der Waals surface area contributed by atoms with Gasteiger partial charge in [-0.2, -0.15) is 9.97 Å². The molecular formula is C21H19N5O3S. The molecule has 0 atom stereocenters. The molecule has 0 aliphatic rings. The summed E-state index contributed by atoms with van der Waals surface area (Å²) in [6.07, 6.45) is 1.69. The third-order valence-electron chi connectivity index (χ3n) is 4.42. The number of ether oxygens (including phenoxy) is 2. The fourth-order valence-electron chi connectivity index (χ4n) is 2.92. The maximum atomic E-state index is 13.5. The molecule has 0 aliphatic carbocycles. The van der Waals surface area contributed by atoms with Crippen LogP contribution in [0.5, 0.6) is 11.9 Å². The van der Waals surface area contributed by atoms with E-state index < -0.39 is 0 Å². The Morgan fingerprint density at radius 3 is 2.63 bits per heavy atom. The van der Waals surface area contributed by atoms with Gasteiger partial charge in [0.05, 0.1) is 36.7 Å². The highest BCUT2D eigenvalue weighted by atomic mass is 32.1. The average Bonchev–Trinajstić information content (AvgIpc) is 3.22. The lowest BCUT2D eigenvalue weighted by atomic mass is 10.2. The standard InChI is InChI=1S/C21H19N5O3S/c1-13-7-6-9-16-18(13)25-21(30-16)26(12-14-8-4-5-10-22-14)19(27)15-11-17(28-2)24-20(23-15)29-3/h4-11H,12H2,1-3H3. The van der Waals surface area contributed by atoms with E-state index in [-0.39, 0.29) is 30.0 Å². The van der Waals surface area contributed by atoms with Crippen LogP contribution in [0.25, 0.3) is 10.2 Å². The first-order valence-electron chi connectivity index (χ1n) is 9.14. The minimum Gasteiger partial charge on any atom is -0.481 e. The number of fused-ring (bicyclic) bond motifs is 1. The molecule has 8 nitrogen and oxygen atoms in total. The number of nitrogens with zero attached hydrogens (tertiary/aromatic N) is 5. The normalized spacial score (nSPS) is 10.8. The van der Waals surface area contributed by atoms with Gasteiger partial charge in [-0.05, 0) is 30.7 Å². The molecule has 0 aliphatic heterocycles. The van der Waals surface area contributed by atoms with E-state index >= 15 is 0 Å². The number of amides is 1. The van der Waals surface area contributed by atoms with Crippen molar-refractivity contribution < 1.29 is 14.3 Å². The van der Waals surface area contributed by atoms with Gasteiger partial charge in [-0.15, -0.1) is 0 Å². The van der Waals surface area contributed by atoms with Crippen LogP contribution in [0, 0.1) is 6.92 Å². The molecule has 0 unspecified atom stereocenters. The maximum absolute atomic E-state index is 13.5. The number of aryl methyl sites for hydroxylation is 1. The Balaban J connectivity index is 1.80. The molecule has 152 valence electrons. The molecule has 3 heterocycles. The number of pyridine rings is 1. The number of carbonyl (C=O) groups is 1. The summed E-state index contributed by atoms with van der Waals surface area (Å²) in [6, 6.07) is 13.1. The largest absolute Gasteiger partial charge is 0.481 e. The Morgan fingerprint density at radius 2 is 1.93 bits per heavy atom. The van der Waals surface area contributed by atoms with E-state index in [4.69, 9.17) is 14.5 Å². The van der Waals surface area contributed by atoms with Crippen molar-refractivity contribution in [3.63, 3.8) is 0 Å². The van der Waals surface area contributed by atoms with Crippen LogP contribution in [0.15, 0.2) is 48.7 Å². The number of carbonyl (C=O) groups excluding carboxylic acids is 1. The molecule has 0 radical (unpaired) electrons. The van der Waals surface area contributed by atoms with Gasteiger partial charge < -0.3 is 9.47 Å². The summed E-state index contributed by atoms with van der Waals surface area (Å²) in [6.45, 7) is 2.24. The van der Waals surface area contributed by atoms with E-state index in [1.54, 1.807) is 11.1 Å². The average molecular weight is 421 g/mol. The number of hydrogen-bond acceptors (Lipinski definition) is 8. The van der Waals surface area contributed by atoms with Crippen molar-refractivity contribution in [2.24, 2.45) is 0 Å². The molecule has 9 heteroatoms. The molecule has 0 saturated heterocycles. The van der Waals surface area contributed by atoms with Crippen LogP contribution in [0.4, 0.5) is 5.13 Å². The van der Waals surface area contributed by atoms with Gasteiger partial charge in [0.2, 0.25) is 5.88 Å². The van der Waals surface area contributed by atoms with Crippen molar-refractivity contribution in [3.05, 3.63) is 65.6 Å². The predicted molar refractivity (Wildman–Crippen MR) is 114 cm³/mol. The van der Waals surface area contributed by atoms with E-state index in [0.29, 0.717) is 5.13 Å². The summed E-state index contributed by atoms with van der Waals surface area (Å²) in [7, 11) is 2.91. The molecule has 4 rings (SSSR count). The van der Waals surface area contributed by atoms with Crippen LogP contribution in [-0.4, -0.2) is 40.1 Å². The monoisotopic (exact) mass is 421 g/mol. The van der Waals surface area contributed by atoms with Gasteiger partial charge in [0.15, 0.2) is 5.13 Å². The molecular weight excluding hydrogens is 402 g/mol. The zero-order valence-electron chi connectivity index (χ0n) is 16.7. The second-order valence-electron chi connectivity index (χ2n) is 6.41. The van der Waals surface area contributed by atoms with Crippen LogP contribution in [0.1, 0.15) is 21.7 Å². The van der Waals surface area contributed by atoms with E-state index in [1.165, 1.54) is 31.6 Å². The Morgan fingerprint density at radius 1 is 1.07 bits per heavy atom. The zero-order chi connectivity index (χ0) is 21.1. The van der Waals surface area contributed by atoms with Crippen molar-refractivity contribution in [3.8, 4) is 11.9 Å². The van der Waals surface area contributed by atoms with Gasteiger partial charge in [-0.3, -0.25) is 14.7 Å². The number of rotatable bonds is 6. The summed E-state index contributed by atoms with van der Waals surface area (Å²) in [5.74, 6) is -0.112. The lowest BCUT2D eigenvalue weighted by Crippen LogP contribution is -2.31. The first-order valence-corrected chi connectivity index (χ1v) is 9.95. The van der Waals surface area contributed by atoms with E-state index in [2.05, 4.69) is 15.0 Å². The van der Waals surface area contributed by atoms with Crippen LogP contribution in [-0.2, 0) is 6.54 Å². The quantitative estimate of drug-likeness (QED) is 0.469. The van der Waals surface area contributed by atoms with Crippen molar-refractivity contribution in [2.45, 2.75) is 13.5 Å². The topological polar surface area (TPSA) is 90.3 Å². The number of hydrogen-bond donors (Lipinski definition) is 0. The highest BCUT2D eigenvalue weighted by Gasteiger charge is 2.25. The Kier molecular flexibility index (Phi) is 5.53. The Bertz CT molecular complexity index is 1170. The molecule has 0 N–H and O–H groups in total. The summed E-state index contributed by atoms with van der Waals surface area (Å²) >= 11 is 1.44. The van der Waals surface area contributed by atoms with Crippen molar-refractivity contribution in [1.82, 2.24) is 19.9 Å². The van der Waals surface area contributed by atoms with E-state index in [9.17, 15) is 4.79 Å². The molecule has 1 aromatic carbocycles. The van der Waals surface area contributed by atoms with Gasteiger partial charge in [-0.25, -0.2) is 4.98 Å². The minimum atomic E-state index is -0.351. The summed E-state index contributed by atoms with van der Waals surface area (Å²) in [5, 5.41) is 0.562. The van der Waals surface area contributed by atoms with Gasteiger partial charge in [-0.1, -0.05) is 29.5 Å². The second kappa shape index (κ2) is 8.42. The SMILES string of the molecule is COc1cc(C(=O)N(Cc2ccccn2)c2nc3c(C)cccc3s2)nc(OC)n1. The molecule has 1 amide bonds. The van der Waals surface area contributed by atoms with Gasteiger partial charge in [0, 0.05) is 12.3 Å². The minimum absolute atomic E-state index is 0.0515. The third-order valence-corrected chi connectivity index (χ3v) is 5.47. The van der Waals surface area contributed by atoms with Crippen LogP contribution in [0.2, 0.25) is 0 Å². The Hall–Kier alpha value is -3.59. The van der Waals surface area contributed by atoms with Crippen LogP contribution >= 0.6 is 11.3 Å². The predicted octanol–water partition coefficient (Wildman–Crippen LogP) is 3.65. The molecule has 3 aromatic heterocycles. The van der Waals surface area contributed by atoms with Gasteiger partial charge >= 0.3 is 6.01 Å².